The maximum Gasteiger partial charge on any atom is 0.333 e. The topological polar surface area (TPSA) is 66.4 Å². The van der Waals surface area contributed by atoms with Crippen LogP contribution in [0.2, 0.25) is 0 Å². The molecule has 0 aliphatic heterocycles. The first-order valence-electron chi connectivity index (χ1n) is 2.28. The second kappa shape index (κ2) is 4.66. The fourth-order valence-electron chi connectivity index (χ4n) is 0.231. The van der Waals surface area contributed by atoms with E-state index in [2.05, 4.69) is 0 Å². The Hall–Kier alpha value is -0.200. The zero-order chi connectivity index (χ0) is 6.62. The van der Waals surface area contributed by atoms with Crippen molar-refractivity contribution < 1.29 is 17.7 Å². The number of hydrogen-bond donors (Lipinski definition) is 2. The zero-order valence-corrected chi connectivity index (χ0v) is 5.81. The second-order valence-electron chi connectivity index (χ2n) is 1.37. The quantitative estimate of drug-likeness (QED) is 0.567. The SMILES string of the molecule is CCCNS(=O)(=O)O.F. The summed E-state index contributed by atoms with van der Waals surface area (Å²) in [6.45, 7) is 2.09. The van der Waals surface area contributed by atoms with E-state index in [1.165, 1.54) is 0 Å². The predicted octanol–water partition coefficient (Wildman–Crippen LogP) is -0.0587. The summed E-state index contributed by atoms with van der Waals surface area (Å²) >= 11 is 0. The third-order valence-corrected chi connectivity index (χ3v) is 1.10. The standard InChI is InChI=1S/C3H9NO3S.FH/c1-2-3-4-8(5,6)7;/h4H,2-3H2,1H3,(H,5,6,7);1H. The molecule has 9 heavy (non-hydrogen) atoms. The van der Waals surface area contributed by atoms with E-state index < -0.39 is 10.3 Å². The minimum absolute atomic E-state index is 0. The van der Waals surface area contributed by atoms with Gasteiger partial charge in [-0.2, -0.15) is 13.1 Å². The lowest BCUT2D eigenvalue weighted by molar-refractivity contribution is 0.467. The second-order valence-corrected chi connectivity index (χ2v) is 2.61. The van der Waals surface area contributed by atoms with Gasteiger partial charge in [0.2, 0.25) is 0 Å². The summed E-state index contributed by atoms with van der Waals surface area (Å²) in [6, 6.07) is 0. The van der Waals surface area contributed by atoms with Crippen LogP contribution < -0.4 is 4.72 Å². The summed E-state index contributed by atoms with van der Waals surface area (Å²) in [5.41, 5.74) is 0. The van der Waals surface area contributed by atoms with E-state index in [0.717, 1.165) is 0 Å². The molecular formula is C3H10FNO3S. The van der Waals surface area contributed by atoms with Gasteiger partial charge >= 0.3 is 10.3 Å². The number of rotatable bonds is 3. The van der Waals surface area contributed by atoms with E-state index in [-0.39, 0.29) is 4.70 Å². The Morgan fingerprint density at radius 2 is 2.00 bits per heavy atom. The largest absolute Gasteiger partial charge is 0.333 e. The van der Waals surface area contributed by atoms with E-state index in [1.54, 1.807) is 6.92 Å². The van der Waals surface area contributed by atoms with E-state index >= 15 is 0 Å². The third-order valence-electron chi connectivity index (χ3n) is 0.534. The molecular weight excluding hydrogens is 149 g/mol. The van der Waals surface area contributed by atoms with Crippen molar-refractivity contribution in [1.29, 1.82) is 0 Å². The Bertz CT molecular complexity index is 143. The zero-order valence-electron chi connectivity index (χ0n) is 4.99. The summed E-state index contributed by atoms with van der Waals surface area (Å²) < 4.78 is 29.6. The van der Waals surface area contributed by atoms with Crippen LogP contribution in [0.15, 0.2) is 0 Å². The van der Waals surface area contributed by atoms with Gasteiger partial charge in [0.15, 0.2) is 0 Å². The molecule has 0 aromatic carbocycles. The summed E-state index contributed by atoms with van der Waals surface area (Å²) in [7, 11) is -3.94. The van der Waals surface area contributed by atoms with Crippen LogP contribution >= 0.6 is 0 Å². The molecule has 2 N–H and O–H groups in total. The van der Waals surface area contributed by atoms with Gasteiger partial charge in [-0.1, -0.05) is 6.92 Å². The van der Waals surface area contributed by atoms with Gasteiger partial charge in [-0.3, -0.25) is 9.26 Å². The highest BCUT2D eigenvalue weighted by Gasteiger charge is 1.97. The van der Waals surface area contributed by atoms with Gasteiger partial charge in [-0.05, 0) is 6.42 Å². The van der Waals surface area contributed by atoms with Crippen LogP contribution in [0.25, 0.3) is 0 Å². The van der Waals surface area contributed by atoms with Crippen molar-refractivity contribution in [3.05, 3.63) is 0 Å². The molecule has 0 aromatic rings. The minimum Gasteiger partial charge on any atom is -0.273 e. The average molecular weight is 159 g/mol. The fourth-order valence-corrected chi connectivity index (χ4v) is 0.693. The number of nitrogens with one attached hydrogen (secondary N) is 1. The molecule has 0 rings (SSSR count). The Morgan fingerprint density at radius 1 is 1.56 bits per heavy atom. The van der Waals surface area contributed by atoms with Gasteiger partial charge in [0.05, 0.1) is 0 Å². The molecule has 0 fully saturated rings. The lowest BCUT2D eigenvalue weighted by Gasteiger charge is -1.93. The fraction of sp³-hybridized carbons (Fsp3) is 1.00. The molecule has 6 heteroatoms. The van der Waals surface area contributed by atoms with Gasteiger partial charge in [-0.25, -0.2) is 0 Å². The van der Waals surface area contributed by atoms with Crippen molar-refractivity contribution in [3.8, 4) is 0 Å². The van der Waals surface area contributed by atoms with Crippen LogP contribution in [-0.2, 0) is 10.3 Å². The van der Waals surface area contributed by atoms with E-state index in [9.17, 15) is 8.42 Å². The van der Waals surface area contributed by atoms with Crippen molar-refractivity contribution >= 4 is 10.3 Å². The summed E-state index contributed by atoms with van der Waals surface area (Å²) in [5.74, 6) is 0. The molecule has 0 heterocycles. The minimum atomic E-state index is -3.94. The van der Waals surface area contributed by atoms with E-state index in [4.69, 9.17) is 4.55 Å². The summed E-state index contributed by atoms with van der Waals surface area (Å²) in [6.07, 6.45) is 0.680. The molecule has 0 radical (unpaired) electrons. The molecule has 0 saturated heterocycles. The molecule has 0 bridgehead atoms. The number of hydrogen-bond acceptors (Lipinski definition) is 2. The van der Waals surface area contributed by atoms with Crippen LogP contribution in [0, 0.1) is 0 Å². The van der Waals surface area contributed by atoms with Crippen LogP contribution in [0.5, 0.6) is 0 Å². The highest BCUT2D eigenvalue weighted by Crippen LogP contribution is 1.74. The van der Waals surface area contributed by atoms with Crippen molar-refractivity contribution in [2.75, 3.05) is 6.54 Å². The highest BCUT2D eigenvalue weighted by molar-refractivity contribution is 7.83. The van der Waals surface area contributed by atoms with Gasteiger partial charge in [0, 0.05) is 6.54 Å². The normalized spacial score (nSPS) is 10.4. The lowest BCUT2D eigenvalue weighted by Crippen LogP contribution is -2.22. The van der Waals surface area contributed by atoms with Crippen LogP contribution in [-0.4, -0.2) is 19.5 Å². The summed E-state index contributed by atoms with van der Waals surface area (Å²) in [4.78, 5) is 0. The van der Waals surface area contributed by atoms with Gasteiger partial charge < -0.3 is 0 Å². The third kappa shape index (κ3) is 11.4. The average Bonchev–Trinajstić information content (AvgIpc) is 1.59. The van der Waals surface area contributed by atoms with Crippen molar-refractivity contribution in [2.45, 2.75) is 13.3 Å². The summed E-state index contributed by atoms with van der Waals surface area (Å²) in [5, 5.41) is 0. The van der Waals surface area contributed by atoms with Gasteiger partial charge in [-0.15, -0.1) is 0 Å². The van der Waals surface area contributed by atoms with Crippen LogP contribution in [0.3, 0.4) is 0 Å². The monoisotopic (exact) mass is 159 g/mol. The van der Waals surface area contributed by atoms with Crippen LogP contribution in [0.1, 0.15) is 13.3 Å². The molecule has 0 aliphatic carbocycles. The maximum absolute atomic E-state index is 9.83. The van der Waals surface area contributed by atoms with Crippen LogP contribution in [0.4, 0.5) is 4.70 Å². The predicted molar refractivity (Wildman–Crippen MR) is 32.3 cm³/mol. The Balaban J connectivity index is 0. The van der Waals surface area contributed by atoms with E-state index in [1.807, 2.05) is 4.72 Å². The van der Waals surface area contributed by atoms with Crippen molar-refractivity contribution in [2.24, 2.45) is 0 Å². The van der Waals surface area contributed by atoms with Crippen molar-refractivity contribution in [1.82, 2.24) is 4.72 Å². The molecule has 4 nitrogen and oxygen atoms in total. The lowest BCUT2D eigenvalue weighted by atomic mass is 10.5. The molecule has 0 atom stereocenters. The first-order chi connectivity index (χ1) is 3.56. The number of halogens is 1. The molecule has 0 aliphatic rings. The first kappa shape index (κ1) is 11.6. The highest BCUT2D eigenvalue weighted by atomic mass is 32.2. The van der Waals surface area contributed by atoms with Gasteiger partial charge in [0.1, 0.15) is 0 Å². The van der Waals surface area contributed by atoms with Gasteiger partial charge in [0.25, 0.3) is 0 Å². The Labute approximate surface area is 53.5 Å². The van der Waals surface area contributed by atoms with Crippen molar-refractivity contribution in [3.63, 3.8) is 0 Å². The molecule has 0 aromatic heterocycles. The molecule has 0 spiro atoms. The molecule has 0 amide bonds. The maximum atomic E-state index is 9.83. The smallest absolute Gasteiger partial charge is 0.273 e. The molecule has 0 saturated carbocycles. The Morgan fingerprint density at radius 3 is 2.11 bits per heavy atom. The van der Waals surface area contributed by atoms with E-state index in [0.29, 0.717) is 13.0 Å². The molecule has 0 unspecified atom stereocenters. The molecule has 58 valence electrons. The Kier molecular flexibility index (Phi) is 5.99. The first-order valence-corrected chi connectivity index (χ1v) is 3.72.